The van der Waals surface area contributed by atoms with Crippen molar-refractivity contribution in [3.8, 4) is 0 Å². The maximum atomic E-state index is 10.3. The highest BCUT2D eigenvalue weighted by Gasteiger charge is 2.13. The van der Waals surface area contributed by atoms with Crippen molar-refractivity contribution >= 4 is 10.9 Å². The fraction of sp³-hybridized carbons (Fsp3) is 0.692. The van der Waals surface area contributed by atoms with Crippen LogP contribution < -0.4 is 16.4 Å². The van der Waals surface area contributed by atoms with Gasteiger partial charge in [-0.1, -0.05) is 18.2 Å². The van der Waals surface area contributed by atoms with Crippen LogP contribution in [0.25, 0.3) is 10.9 Å². The van der Waals surface area contributed by atoms with E-state index in [2.05, 4.69) is 35.8 Å². The Bertz CT molecular complexity index is 781. The number of nitrogens with zero attached hydrogens (tertiary/aromatic N) is 2. The minimum Gasteiger partial charge on any atom is -0.378 e. The Labute approximate surface area is 206 Å². The molecule has 2 rings (SSSR count). The third kappa shape index (κ3) is 11.8. The number of quaternary nitrogens is 1. The van der Waals surface area contributed by atoms with E-state index >= 15 is 0 Å². The van der Waals surface area contributed by atoms with Gasteiger partial charge < -0.3 is 30.8 Å². The van der Waals surface area contributed by atoms with Crippen LogP contribution in [0, 0.1) is 0 Å². The second kappa shape index (κ2) is 16.2. The van der Waals surface area contributed by atoms with Crippen LogP contribution in [0.4, 0.5) is 0 Å². The van der Waals surface area contributed by atoms with E-state index in [1.807, 2.05) is 24.4 Å². The average molecular weight is 478 g/mol. The quantitative estimate of drug-likeness (QED) is 0.0756. The molecule has 0 radical (unpaired) electrons. The van der Waals surface area contributed by atoms with Crippen LogP contribution in [0.5, 0.6) is 0 Å². The van der Waals surface area contributed by atoms with E-state index in [0.717, 1.165) is 59.8 Å². The second-order valence-corrected chi connectivity index (χ2v) is 10.0. The number of hydroxylamine groups is 2. The Morgan fingerprint density at radius 1 is 0.971 bits per heavy atom. The summed E-state index contributed by atoms with van der Waals surface area (Å²) in [5, 5.41) is 29.5. The maximum absolute atomic E-state index is 10.3. The number of nitrogens with one attached hydrogen (secondary N) is 3. The fourth-order valence-electron chi connectivity index (χ4n) is 4.32. The second-order valence-electron chi connectivity index (χ2n) is 10.0. The van der Waals surface area contributed by atoms with Crippen molar-refractivity contribution in [1.82, 2.24) is 20.7 Å². The summed E-state index contributed by atoms with van der Waals surface area (Å²) in [6.07, 6.45) is 8.39. The van der Waals surface area contributed by atoms with Gasteiger partial charge in [0, 0.05) is 36.6 Å². The molecule has 0 bridgehead atoms. The van der Waals surface area contributed by atoms with Gasteiger partial charge in [-0.3, -0.25) is 5.32 Å². The van der Waals surface area contributed by atoms with E-state index < -0.39 is 6.23 Å². The molecule has 7 N–H and O–H groups in total. The van der Waals surface area contributed by atoms with Crippen molar-refractivity contribution in [2.24, 2.45) is 5.73 Å². The summed E-state index contributed by atoms with van der Waals surface area (Å²) in [5.74, 6) is 0. The van der Waals surface area contributed by atoms with Crippen LogP contribution >= 0.6 is 0 Å². The zero-order valence-corrected chi connectivity index (χ0v) is 21.4. The molecule has 0 saturated carbocycles. The van der Waals surface area contributed by atoms with Gasteiger partial charge >= 0.3 is 0 Å². The number of aliphatic hydroxyl groups is 1. The molecule has 2 aromatic rings. The van der Waals surface area contributed by atoms with Crippen molar-refractivity contribution in [3.05, 3.63) is 36.0 Å². The molecule has 1 aromatic carbocycles. The number of rotatable bonds is 20. The third-order valence-corrected chi connectivity index (χ3v) is 6.42. The smallest absolute Gasteiger partial charge is 0.109 e. The van der Waals surface area contributed by atoms with Gasteiger partial charge in [0.2, 0.25) is 0 Å². The molecule has 1 atom stereocenters. The third-order valence-electron chi connectivity index (χ3n) is 6.42. The molecule has 8 heteroatoms. The van der Waals surface area contributed by atoms with Gasteiger partial charge in [0.1, 0.15) is 6.23 Å². The maximum Gasteiger partial charge on any atom is 0.109 e. The predicted octanol–water partition coefficient (Wildman–Crippen LogP) is 2.27. The Morgan fingerprint density at radius 2 is 1.65 bits per heavy atom. The van der Waals surface area contributed by atoms with Crippen LogP contribution in [0.15, 0.2) is 30.5 Å². The van der Waals surface area contributed by atoms with Gasteiger partial charge in [-0.2, -0.15) is 5.06 Å². The molecule has 34 heavy (non-hydrogen) atoms. The number of hydrogen-bond donors (Lipinski definition) is 6. The number of aromatic amines is 1. The van der Waals surface area contributed by atoms with Crippen LogP contribution in [0.3, 0.4) is 0 Å². The van der Waals surface area contributed by atoms with E-state index in [1.54, 1.807) is 0 Å². The van der Waals surface area contributed by atoms with E-state index in [4.69, 9.17) is 5.73 Å². The Hall–Kier alpha value is -1.52. The summed E-state index contributed by atoms with van der Waals surface area (Å²) in [4.78, 5) is 3.24. The standard InChI is InChI=1S/C26H49N6O2/c1-32(2,19-7-5-13-27)20-8-6-14-28-15-9-17-31(34)18-10-16-29-26(33)21-23-22-30-25-12-4-3-11-24(23)25/h3-4,11-12,22,26,28-30,33-34H,5-10,13-21,27H2,1-2H3/q+1. The summed E-state index contributed by atoms with van der Waals surface area (Å²) >= 11 is 0. The van der Waals surface area contributed by atoms with Crippen molar-refractivity contribution < 1.29 is 14.8 Å². The van der Waals surface area contributed by atoms with E-state index in [-0.39, 0.29) is 0 Å². The number of unbranched alkanes of at least 4 members (excludes halogenated alkanes) is 2. The fourth-order valence-corrected chi connectivity index (χ4v) is 4.32. The summed E-state index contributed by atoms with van der Waals surface area (Å²) in [7, 11) is 4.61. The molecule has 1 unspecified atom stereocenters. The molecule has 1 aromatic heterocycles. The summed E-state index contributed by atoms with van der Waals surface area (Å²) in [6.45, 7) is 7.10. The Kier molecular flexibility index (Phi) is 13.7. The van der Waals surface area contributed by atoms with Gasteiger partial charge in [-0.15, -0.1) is 0 Å². The zero-order valence-electron chi connectivity index (χ0n) is 21.4. The molecule has 0 saturated heterocycles. The molecular weight excluding hydrogens is 428 g/mol. The van der Waals surface area contributed by atoms with Crippen molar-refractivity contribution in [1.29, 1.82) is 0 Å². The molecule has 194 valence electrons. The number of benzene rings is 1. The largest absolute Gasteiger partial charge is 0.378 e. The monoisotopic (exact) mass is 477 g/mol. The van der Waals surface area contributed by atoms with Gasteiger partial charge in [0.25, 0.3) is 0 Å². The lowest BCUT2D eigenvalue weighted by Gasteiger charge is -2.29. The van der Waals surface area contributed by atoms with Gasteiger partial charge in [0.05, 0.1) is 27.2 Å². The SMILES string of the molecule is C[N+](C)(CCCCN)CCCCNCCCN(O)CCCNC(O)Cc1c[nH]c2ccccc12. The first kappa shape index (κ1) is 28.7. The Balaban J connectivity index is 1.42. The van der Waals surface area contributed by atoms with Crippen LogP contribution in [0.1, 0.15) is 44.1 Å². The zero-order chi connectivity index (χ0) is 24.7. The minimum atomic E-state index is -0.592. The topological polar surface area (TPSA) is 110 Å². The molecule has 0 aliphatic heterocycles. The summed E-state index contributed by atoms with van der Waals surface area (Å²) in [5.41, 5.74) is 7.78. The van der Waals surface area contributed by atoms with Crippen molar-refractivity contribution in [2.45, 2.75) is 51.2 Å². The van der Waals surface area contributed by atoms with Gasteiger partial charge in [0.15, 0.2) is 0 Å². The van der Waals surface area contributed by atoms with E-state index in [9.17, 15) is 10.3 Å². The minimum absolute atomic E-state index is 0.559. The lowest BCUT2D eigenvalue weighted by atomic mass is 10.1. The van der Waals surface area contributed by atoms with Crippen molar-refractivity contribution in [3.63, 3.8) is 0 Å². The highest BCUT2D eigenvalue weighted by Crippen LogP contribution is 2.18. The summed E-state index contributed by atoms with van der Waals surface area (Å²) in [6, 6.07) is 8.12. The molecule has 1 heterocycles. The molecule has 0 fully saturated rings. The van der Waals surface area contributed by atoms with Crippen molar-refractivity contribution in [2.75, 3.05) is 66.5 Å². The van der Waals surface area contributed by atoms with E-state index in [0.29, 0.717) is 26.1 Å². The molecule has 0 spiro atoms. The first-order valence-corrected chi connectivity index (χ1v) is 13.0. The van der Waals surface area contributed by atoms with E-state index in [1.165, 1.54) is 37.4 Å². The lowest BCUT2D eigenvalue weighted by molar-refractivity contribution is -0.890. The highest BCUT2D eigenvalue weighted by atomic mass is 16.5. The van der Waals surface area contributed by atoms with Gasteiger partial charge in [-0.05, 0) is 76.3 Å². The number of nitrogens with two attached hydrogens (primary N) is 1. The molecule has 0 amide bonds. The first-order chi connectivity index (χ1) is 16.4. The predicted molar refractivity (Wildman–Crippen MR) is 141 cm³/mol. The van der Waals surface area contributed by atoms with Crippen LogP contribution in [-0.2, 0) is 6.42 Å². The molecule has 0 aliphatic rings. The average Bonchev–Trinajstić information content (AvgIpc) is 3.21. The normalized spacial score (nSPS) is 13.2. The summed E-state index contributed by atoms with van der Waals surface area (Å²) < 4.78 is 1.08. The first-order valence-electron chi connectivity index (χ1n) is 13.0. The van der Waals surface area contributed by atoms with Crippen LogP contribution in [-0.4, -0.2) is 97.5 Å². The molecule has 0 aliphatic carbocycles. The molecule has 8 nitrogen and oxygen atoms in total. The lowest BCUT2D eigenvalue weighted by Crippen LogP contribution is -2.41. The Morgan fingerprint density at radius 3 is 2.41 bits per heavy atom. The van der Waals surface area contributed by atoms with Gasteiger partial charge in [-0.25, -0.2) is 0 Å². The van der Waals surface area contributed by atoms with Crippen LogP contribution in [0.2, 0.25) is 0 Å². The molecular formula is C26H49N6O2+. The number of fused-ring (bicyclic) bond motifs is 1. The number of H-pyrrole nitrogens is 1. The number of aliphatic hydroxyl groups excluding tert-OH is 1. The highest BCUT2D eigenvalue weighted by molar-refractivity contribution is 5.83. The number of hydrogen-bond acceptors (Lipinski definition) is 6. The number of aromatic nitrogens is 1. The number of para-hydroxylation sites is 1.